The first-order chi connectivity index (χ1) is 13.4. The van der Waals surface area contributed by atoms with E-state index in [1.807, 2.05) is 61.4 Å². The summed E-state index contributed by atoms with van der Waals surface area (Å²) in [5, 5.41) is 3.00. The normalized spacial score (nSPS) is 16.7. The highest BCUT2D eigenvalue weighted by Gasteiger charge is 2.24. The highest BCUT2D eigenvalue weighted by atomic mass is 32.2. The van der Waals surface area contributed by atoms with Gasteiger partial charge in [-0.1, -0.05) is 6.07 Å². The number of benzene rings is 2. The van der Waals surface area contributed by atoms with Crippen molar-refractivity contribution >= 4 is 29.3 Å². The van der Waals surface area contributed by atoms with Gasteiger partial charge in [0, 0.05) is 34.3 Å². The number of hydrogen-bond donors (Lipinski definition) is 1. The van der Waals surface area contributed by atoms with E-state index in [0.717, 1.165) is 41.1 Å². The van der Waals surface area contributed by atoms with Gasteiger partial charge in [0.05, 0.1) is 0 Å². The quantitative estimate of drug-likeness (QED) is 0.714. The second-order valence-corrected chi connectivity index (χ2v) is 8.39. The largest absolute Gasteiger partial charge is 0.336 e. The average Bonchev–Trinajstić information content (AvgIpc) is 2.69. The summed E-state index contributed by atoms with van der Waals surface area (Å²) < 4.78 is 0. The smallest absolute Gasteiger partial charge is 0.255 e. The van der Waals surface area contributed by atoms with Crippen LogP contribution in [-0.4, -0.2) is 35.6 Å². The maximum absolute atomic E-state index is 12.9. The van der Waals surface area contributed by atoms with Crippen LogP contribution in [0.25, 0.3) is 0 Å². The monoisotopic (exact) mass is 396 g/mol. The summed E-state index contributed by atoms with van der Waals surface area (Å²) in [5.74, 6) is -0.0445. The maximum Gasteiger partial charge on any atom is 0.255 e. The summed E-state index contributed by atoms with van der Waals surface area (Å²) in [5.41, 5.74) is 3.93. The number of thioether (sulfide) groups is 1. The Labute approximate surface area is 171 Å². The van der Waals surface area contributed by atoms with Crippen LogP contribution in [0.5, 0.6) is 0 Å². The van der Waals surface area contributed by atoms with Gasteiger partial charge in [-0.25, -0.2) is 0 Å². The highest BCUT2D eigenvalue weighted by Crippen LogP contribution is 2.24. The number of anilines is 1. The van der Waals surface area contributed by atoms with Gasteiger partial charge < -0.3 is 10.2 Å². The summed E-state index contributed by atoms with van der Waals surface area (Å²) in [4.78, 5) is 28.7. The van der Waals surface area contributed by atoms with Crippen molar-refractivity contribution in [2.24, 2.45) is 0 Å². The molecule has 0 spiro atoms. The molecule has 1 aliphatic rings. The predicted octanol–water partition coefficient (Wildman–Crippen LogP) is 5.29. The number of hydrogen-bond acceptors (Lipinski definition) is 3. The third-order valence-electron chi connectivity index (χ3n) is 5.47. The number of amides is 2. The van der Waals surface area contributed by atoms with Gasteiger partial charge >= 0.3 is 0 Å². The molecule has 1 heterocycles. The molecule has 0 aromatic heterocycles. The van der Waals surface area contributed by atoms with Crippen LogP contribution in [0.3, 0.4) is 0 Å². The molecular weight excluding hydrogens is 368 g/mol. The van der Waals surface area contributed by atoms with Crippen LogP contribution in [0.4, 0.5) is 5.69 Å². The number of likely N-dealkylation sites (tertiary alicyclic amines) is 1. The van der Waals surface area contributed by atoms with E-state index < -0.39 is 0 Å². The molecule has 1 N–H and O–H groups in total. The molecule has 0 bridgehead atoms. The van der Waals surface area contributed by atoms with Gasteiger partial charge in [-0.3, -0.25) is 9.59 Å². The maximum atomic E-state index is 12.9. The fourth-order valence-corrected chi connectivity index (χ4v) is 4.10. The van der Waals surface area contributed by atoms with Gasteiger partial charge in [0.2, 0.25) is 0 Å². The van der Waals surface area contributed by atoms with Crippen molar-refractivity contribution in [3.05, 3.63) is 58.7 Å². The second-order valence-electron chi connectivity index (χ2n) is 7.51. The summed E-state index contributed by atoms with van der Waals surface area (Å²) in [6.45, 7) is 6.80. The summed E-state index contributed by atoms with van der Waals surface area (Å²) in [7, 11) is 0. The van der Waals surface area contributed by atoms with E-state index >= 15 is 0 Å². The Morgan fingerprint density at radius 2 is 1.86 bits per heavy atom. The fourth-order valence-electron chi connectivity index (χ4n) is 3.66. The zero-order chi connectivity index (χ0) is 20.3. The van der Waals surface area contributed by atoms with Crippen LogP contribution < -0.4 is 5.32 Å². The van der Waals surface area contributed by atoms with Gasteiger partial charge in [0.1, 0.15) is 0 Å². The van der Waals surface area contributed by atoms with Crippen LogP contribution in [0.1, 0.15) is 58.0 Å². The number of piperidine rings is 1. The zero-order valence-corrected chi connectivity index (χ0v) is 17.9. The molecule has 0 saturated carbocycles. The Morgan fingerprint density at radius 3 is 2.54 bits per heavy atom. The lowest BCUT2D eigenvalue weighted by Gasteiger charge is -2.33. The average molecular weight is 397 g/mol. The Hall–Kier alpha value is -2.27. The number of nitrogens with zero attached hydrogens (tertiary/aromatic N) is 1. The van der Waals surface area contributed by atoms with E-state index in [1.165, 1.54) is 6.42 Å². The van der Waals surface area contributed by atoms with E-state index in [0.29, 0.717) is 11.1 Å². The molecule has 1 saturated heterocycles. The minimum absolute atomic E-state index is 0.0803. The summed E-state index contributed by atoms with van der Waals surface area (Å²) >= 11 is 1.62. The van der Waals surface area contributed by atoms with Gasteiger partial charge in [-0.15, -0.1) is 11.8 Å². The van der Waals surface area contributed by atoms with Crippen LogP contribution in [-0.2, 0) is 0 Å². The first kappa shape index (κ1) is 20.5. The van der Waals surface area contributed by atoms with E-state index in [9.17, 15) is 9.59 Å². The van der Waals surface area contributed by atoms with Crippen LogP contribution in [0.2, 0.25) is 0 Å². The zero-order valence-electron chi connectivity index (χ0n) is 17.0. The topological polar surface area (TPSA) is 49.4 Å². The van der Waals surface area contributed by atoms with Gasteiger partial charge in [0.15, 0.2) is 0 Å². The first-order valence-corrected chi connectivity index (χ1v) is 11.0. The van der Waals surface area contributed by atoms with Crippen molar-refractivity contribution in [3.63, 3.8) is 0 Å². The number of carbonyl (C=O) groups excluding carboxylic acids is 2. The molecule has 0 radical (unpaired) electrons. The lowest BCUT2D eigenvalue weighted by atomic mass is 10.0. The van der Waals surface area contributed by atoms with E-state index in [-0.39, 0.29) is 17.9 Å². The molecule has 1 fully saturated rings. The first-order valence-electron chi connectivity index (χ1n) is 9.78. The molecule has 2 aromatic carbocycles. The highest BCUT2D eigenvalue weighted by molar-refractivity contribution is 7.98. The van der Waals surface area contributed by atoms with Crippen molar-refractivity contribution in [1.82, 2.24) is 4.90 Å². The molecule has 3 rings (SSSR count). The van der Waals surface area contributed by atoms with Crippen LogP contribution >= 0.6 is 11.8 Å². The SMILES string of the molecule is CSc1ccc(C)c(C(=O)Nc2ccc(C(=O)N3CCCCC3C)cc2C)c1. The van der Waals surface area contributed by atoms with Gasteiger partial charge in [0.25, 0.3) is 11.8 Å². The molecule has 1 atom stereocenters. The van der Waals surface area contributed by atoms with Crippen molar-refractivity contribution in [2.45, 2.75) is 51.0 Å². The number of carbonyl (C=O) groups is 2. The molecule has 2 amide bonds. The second kappa shape index (κ2) is 8.82. The molecule has 1 aliphatic heterocycles. The van der Waals surface area contributed by atoms with E-state index in [1.54, 1.807) is 11.8 Å². The Balaban J connectivity index is 1.77. The number of nitrogens with one attached hydrogen (secondary N) is 1. The molecular formula is C23H28N2O2S. The fraction of sp³-hybridized carbons (Fsp3) is 0.391. The Morgan fingerprint density at radius 1 is 1.07 bits per heavy atom. The minimum atomic E-state index is -0.125. The van der Waals surface area contributed by atoms with Crippen molar-refractivity contribution in [1.29, 1.82) is 0 Å². The van der Waals surface area contributed by atoms with E-state index in [2.05, 4.69) is 12.2 Å². The molecule has 0 aliphatic carbocycles. The van der Waals surface area contributed by atoms with Crippen molar-refractivity contribution in [3.8, 4) is 0 Å². The lowest BCUT2D eigenvalue weighted by Crippen LogP contribution is -2.42. The van der Waals surface area contributed by atoms with Gasteiger partial charge in [-0.05, 0) is 87.7 Å². The summed E-state index contributed by atoms with van der Waals surface area (Å²) in [6.07, 6.45) is 5.31. The summed E-state index contributed by atoms with van der Waals surface area (Å²) in [6, 6.07) is 11.7. The molecule has 4 nitrogen and oxygen atoms in total. The minimum Gasteiger partial charge on any atom is -0.336 e. The van der Waals surface area contributed by atoms with Gasteiger partial charge in [-0.2, -0.15) is 0 Å². The van der Waals surface area contributed by atoms with E-state index in [4.69, 9.17) is 0 Å². The van der Waals surface area contributed by atoms with Crippen LogP contribution in [0, 0.1) is 13.8 Å². The lowest BCUT2D eigenvalue weighted by molar-refractivity contribution is 0.0635. The van der Waals surface area contributed by atoms with Crippen molar-refractivity contribution in [2.75, 3.05) is 18.1 Å². The third kappa shape index (κ3) is 4.41. The number of rotatable bonds is 4. The third-order valence-corrected chi connectivity index (χ3v) is 6.20. The molecule has 2 aromatic rings. The Bertz CT molecular complexity index is 894. The molecule has 148 valence electrons. The molecule has 28 heavy (non-hydrogen) atoms. The standard InChI is InChI=1S/C23H28N2O2S/c1-15-8-10-19(28-4)14-20(15)22(26)24-21-11-9-18(13-16(21)2)23(27)25-12-6-5-7-17(25)3/h8-11,13-14,17H,5-7,12H2,1-4H3,(H,24,26). The predicted molar refractivity (Wildman–Crippen MR) is 116 cm³/mol. The van der Waals surface area contributed by atoms with Crippen LogP contribution in [0.15, 0.2) is 41.3 Å². The number of aryl methyl sites for hydroxylation is 2. The Kier molecular flexibility index (Phi) is 6.45. The van der Waals surface area contributed by atoms with Crippen molar-refractivity contribution < 1.29 is 9.59 Å². The molecule has 1 unspecified atom stereocenters. The molecule has 5 heteroatoms.